The molecule has 2 aliphatic carbocycles. The summed E-state index contributed by atoms with van der Waals surface area (Å²) in [7, 11) is 0. The summed E-state index contributed by atoms with van der Waals surface area (Å²) in [6, 6.07) is 33.2. The molecule has 73 heavy (non-hydrogen) atoms. The Labute approximate surface area is 442 Å². The molecule has 4 aliphatic heterocycles. The van der Waals surface area contributed by atoms with Gasteiger partial charge in [0.05, 0.1) is 22.5 Å². The fourth-order valence-corrected chi connectivity index (χ4v) is 17.6. The summed E-state index contributed by atoms with van der Waals surface area (Å²) in [4.78, 5) is 8.75. The minimum atomic E-state index is -0.110. The zero-order valence-electron chi connectivity index (χ0n) is 47.5. The highest BCUT2D eigenvalue weighted by atomic mass is 32.1. The van der Waals surface area contributed by atoms with Crippen LogP contribution in [0.5, 0.6) is 0 Å². The third-order valence-electron chi connectivity index (χ3n) is 20.8. The highest BCUT2D eigenvalue weighted by Crippen LogP contribution is 2.66. The number of fused-ring (bicyclic) bond motifs is 14. The van der Waals surface area contributed by atoms with Gasteiger partial charge in [-0.1, -0.05) is 150 Å². The van der Waals surface area contributed by atoms with Crippen molar-refractivity contribution in [2.24, 2.45) is 0 Å². The van der Waals surface area contributed by atoms with Crippen molar-refractivity contribution in [1.29, 1.82) is 0 Å². The lowest BCUT2D eigenvalue weighted by Crippen LogP contribution is -2.65. The van der Waals surface area contributed by atoms with E-state index in [-0.39, 0.29) is 44.9 Å². The molecule has 6 aromatic carbocycles. The van der Waals surface area contributed by atoms with E-state index in [4.69, 9.17) is 0 Å². The summed E-state index contributed by atoms with van der Waals surface area (Å²) in [6.45, 7) is 41.8. The Morgan fingerprint density at radius 3 is 1.71 bits per heavy atom. The lowest BCUT2D eigenvalue weighted by atomic mass is 9.32. The minimum absolute atomic E-state index is 0.00183. The van der Waals surface area contributed by atoms with E-state index < -0.39 is 0 Å². The standard InChI is InChI=1S/C68H80BN3S/c1-39-32-40(2)57-61-56(39)66(15)29-19-21-31-68(66,17)72(61)52-38-46(71-50-25-22-44(63(8,9)10)36-48(50)65(14)28-18-20-30-67(65,71)16)37-51-58(52)69(57)49-24-27-54-55(47-35-43(62(5,6)7)23-26-53(47)73-54)60(49)70(51)59-41(3)33-45(34-42(59)4)64(11,12)13/h22-27,32-38H,18-21,28-31H2,1-17H3. The molecule has 1 aromatic heterocycles. The molecule has 5 heteroatoms. The Morgan fingerprint density at radius 1 is 0.479 bits per heavy atom. The molecule has 0 amide bonds. The van der Waals surface area contributed by atoms with Crippen molar-refractivity contribution < 1.29 is 0 Å². The van der Waals surface area contributed by atoms with Crippen LogP contribution in [0.4, 0.5) is 39.8 Å². The minimum Gasteiger partial charge on any atom is -0.335 e. The summed E-state index contributed by atoms with van der Waals surface area (Å²) in [6.07, 6.45) is 9.83. The maximum Gasteiger partial charge on any atom is 0.252 e. The van der Waals surface area contributed by atoms with Gasteiger partial charge in [-0.05, 0) is 181 Å². The first-order valence-corrected chi connectivity index (χ1v) is 29.0. The van der Waals surface area contributed by atoms with Gasteiger partial charge in [-0.15, -0.1) is 11.3 Å². The molecule has 0 bridgehead atoms. The lowest BCUT2D eigenvalue weighted by molar-refractivity contribution is 0.193. The van der Waals surface area contributed by atoms with E-state index in [9.17, 15) is 0 Å². The predicted octanol–water partition coefficient (Wildman–Crippen LogP) is 17.3. The van der Waals surface area contributed by atoms with Crippen LogP contribution in [0.1, 0.15) is 191 Å². The van der Waals surface area contributed by atoms with Gasteiger partial charge in [-0.2, -0.15) is 0 Å². The second kappa shape index (κ2) is 14.9. The smallest absolute Gasteiger partial charge is 0.252 e. The molecule has 7 aromatic rings. The number of thiophene rings is 1. The van der Waals surface area contributed by atoms with Crippen LogP contribution < -0.4 is 31.1 Å². The fourth-order valence-electron chi connectivity index (χ4n) is 16.5. The predicted molar refractivity (Wildman–Crippen MR) is 319 cm³/mol. The maximum absolute atomic E-state index is 3.00. The first-order valence-electron chi connectivity index (χ1n) is 28.2. The van der Waals surface area contributed by atoms with Crippen LogP contribution in [0.15, 0.2) is 78.9 Å². The number of hydrogen-bond donors (Lipinski definition) is 0. The van der Waals surface area contributed by atoms with E-state index in [2.05, 4.69) is 211 Å². The molecule has 0 N–H and O–H groups in total. The SMILES string of the molecule is Cc1cc(C)c2c3c1B1c4ccc5sc6ccc(C(C)(C)C)cc6c5c4N(c4c(C)cc(C(C)(C)C)cc4C)c4cc(N5c6ccc(C(C)(C)C)cc6C6(C)CCCCC56C)cc(c41)N3C1(C)CCCCC21C. The zero-order valence-corrected chi connectivity index (χ0v) is 48.3. The topological polar surface area (TPSA) is 9.72 Å². The average Bonchev–Trinajstić information content (AvgIpc) is 3.86. The van der Waals surface area contributed by atoms with Gasteiger partial charge in [-0.3, -0.25) is 0 Å². The van der Waals surface area contributed by atoms with Crippen LogP contribution in [0.3, 0.4) is 0 Å². The second-order valence-electron chi connectivity index (χ2n) is 28.2. The number of nitrogens with zero attached hydrogens (tertiary/aromatic N) is 3. The van der Waals surface area contributed by atoms with E-state index in [0.717, 1.165) is 0 Å². The van der Waals surface area contributed by atoms with Crippen LogP contribution in [-0.2, 0) is 27.1 Å². The molecular formula is C68H80BN3S. The third-order valence-corrected chi connectivity index (χ3v) is 22.0. The maximum atomic E-state index is 3.00. The van der Waals surface area contributed by atoms with Gasteiger partial charge in [-0.25, -0.2) is 0 Å². The Hall–Kier alpha value is -5.00. The molecule has 13 rings (SSSR count). The van der Waals surface area contributed by atoms with Gasteiger partial charge in [0.15, 0.2) is 0 Å². The number of benzene rings is 6. The second-order valence-corrected chi connectivity index (χ2v) is 29.3. The van der Waals surface area contributed by atoms with Crippen molar-refractivity contribution in [3.63, 3.8) is 0 Å². The summed E-state index contributed by atoms with van der Waals surface area (Å²) in [5, 5.41) is 2.79. The molecule has 0 saturated heterocycles. The number of anilines is 7. The van der Waals surface area contributed by atoms with Gasteiger partial charge in [0.2, 0.25) is 0 Å². The fraction of sp³-hybridized carbons (Fsp3) is 0.471. The van der Waals surface area contributed by atoms with Gasteiger partial charge in [0.25, 0.3) is 6.71 Å². The average molecular weight is 982 g/mol. The summed E-state index contributed by atoms with van der Waals surface area (Å²) >= 11 is 1.98. The normalized spacial score (nSPS) is 25.0. The van der Waals surface area contributed by atoms with Crippen LogP contribution in [0.2, 0.25) is 0 Å². The van der Waals surface area contributed by atoms with Crippen LogP contribution in [-0.4, -0.2) is 17.8 Å². The number of aryl methyl sites for hydroxylation is 4. The molecule has 0 radical (unpaired) electrons. The molecule has 376 valence electrons. The Balaban J connectivity index is 1.22. The van der Waals surface area contributed by atoms with Crippen LogP contribution >= 0.6 is 11.3 Å². The van der Waals surface area contributed by atoms with E-state index in [0.29, 0.717) is 0 Å². The largest absolute Gasteiger partial charge is 0.335 e. The first-order chi connectivity index (χ1) is 34.2. The van der Waals surface area contributed by atoms with Crippen LogP contribution in [0, 0.1) is 27.7 Å². The summed E-state index contributed by atoms with van der Waals surface area (Å²) in [5.41, 5.74) is 27.2. The molecule has 6 aliphatic rings. The molecule has 2 saturated carbocycles. The zero-order chi connectivity index (χ0) is 51.6. The Morgan fingerprint density at radius 2 is 1.05 bits per heavy atom. The summed E-state index contributed by atoms with van der Waals surface area (Å²) in [5.74, 6) is 0. The van der Waals surface area contributed by atoms with Crippen molar-refractivity contribution in [3.05, 3.63) is 129 Å². The quantitative estimate of drug-likeness (QED) is 0.160. The van der Waals surface area contributed by atoms with E-state index in [1.54, 1.807) is 16.6 Å². The van der Waals surface area contributed by atoms with Crippen molar-refractivity contribution >= 4 is 94.4 Å². The van der Waals surface area contributed by atoms with Crippen molar-refractivity contribution in [2.45, 2.75) is 207 Å². The van der Waals surface area contributed by atoms with E-state index >= 15 is 0 Å². The van der Waals surface area contributed by atoms with Crippen molar-refractivity contribution in [3.8, 4) is 0 Å². The van der Waals surface area contributed by atoms with Crippen molar-refractivity contribution in [1.82, 2.24) is 0 Å². The van der Waals surface area contributed by atoms with Gasteiger partial charge < -0.3 is 14.7 Å². The lowest BCUT2D eigenvalue weighted by Gasteiger charge is -2.54. The Bertz CT molecular complexity index is 3550. The van der Waals surface area contributed by atoms with Gasteiger partial charge >= 0.3 is 0 Å². The molecule has 0 spiro atoms. The third kappa shape index (κ3) is 6.07. The Kier molecular flexibility index (Phi) is 9.73. The van der Waals surface area contributed by atoms with E-state index in [1.807, 2.05) is 11.3 Å². The van der Waals surface area contributed by atoms with Crippen molar-refractivity contribution in [2.75, 3.05) is 14.7 Å². The first kappa shape index (κ1) is 47.7. The molecule has 2 fully saturated rings. The molecule has 4 atom stereocenters. The number of hydrogen-bond acceptors (Lipinski definition) is 4. The van der Waals surface area contributed by atoms with Gasteiger partial charge in [0, 0.05) is 59.4 Å². The molecule has 4 unspecified atom stereocenters. The number of rotatable bonds is 2. The summed E-state index contributed by atoms with van der Waals surface area (Å²) < 4.78 is 2.74. The molecule has 5 heterocycles. The van der Waals surface area contributed by atoms with Gasteiger partial charge in [0.1, 0.15) is 0 Å². The highest BCUT2D eigenvalue weighted by Gasteiger charge is 2.63. The molecular weight excluding hydrogens is 902 g/mol. The monoisotopic (exact) mass is 982 g/mol. The molecule has 3 nitrogen and oxygen atoms in total. The highest BCUT2D eigenvalue weighted by molar-refractivity contribution is 7.26. The van der Waals surface area contributed by atoms with E-state index in [1.165, 1.54) is 161 Å². The van der Waals surface area contributed by atoms with Crippen LogP contribution in [0.25, 0.3) is 20.2 Å².